The van der Waals surface area contributed by atoms with Gasteiger partial charge >= 0.3 is 5.97 Å². The van der Waals surface area contributed by atoms with Crippen molar-refractivity contribution in [3.05, 3.63) is 12.2 Å². The number of carbonyl (C=O) groups is 1. The molecule has 0 radical (unpaired) electrons. The van der Waals surface area contributed by atoms with E-state index in [0.717, 1.165) is 19.3 Å². The van der Waals surface area contributed by atoms with Crippen LogP contribution in [0.5, 0.6) is 0 Å². The summed E-state index contributed by atoms with van der Waals surface area (Å²) in [4.78, 5) is 12.0. The topological polar surface area (TPSA) is 26.3 Å². The van der Waals surface area contributed by atoms with E-state index in [2.05, 4.69) is 26.0 Å². The molecule has 0 atom stereocenters. The standard InChI is InChI=1S/C44H86O2/c1-3-5-7-9-11-13-15-17-19-20-21-22-23-24-25-26-27-29-31-33-35-37-39-41-43-46-44(45)42-40-38-36-34-32-30-28-18-16-14-12-10-8-6-4-2/h18,28H,3-17,19-27,29-43H2,1-2H3/b28-18-. The third-order valence-electron chi connectivity index (χ3n) is 9.90. The predicted octanol–water partition coefficient (Wildman–Crippen LogP) is 15.9. The Hall–Kier alpha value is -0.790. The molecule has 0 aromatic rings. The van der Waals surface area contributed by atoms with Crippen molar-refractivity contribution in [1.29, 1.82) is 0 Å². The van der Waals surface area contributed by atoms with E-state index in [0.29, 0.717) is 13.0 Å². The number of unbranched alkanes of at least 4 members (excludes halogenated alkanes) is 34. The van der Waals surface area contributed by atoms with Crippen molar-refractivity contribution in [2.45, 2.75) is 258 Å². The van der Waals surface area contributed by atoms with Crippen LogP contribution < -0.4 is 0 Å². The molecule has 2 heteroatoms. The highest BCUT2D eigenvalue weighted by Gasteiger charge is 2.03. The van der Waals surface area contributed by atoms with Gasteiger partial charge in [0.05, 0.1) is 6.61 Å². The van der Waals surface area contributed by atoms with Crippen molar-refractivity contribution in [3.63, 3.8) is 0 Å². The lowest BCUT2D eigenvalue weighted by Crippen LogP contribution is -2.05. The predicted molar refractivity (Wildman–Crippen MR) is 207 cm³/mol. The van der Waals surface area contributed by atoms with Crippen molar-refractivity contribution in [2.75, 3.05) is 6.61 Å². The molecule has 0 aliphatic heterocycles. The van der Waals surface area contributed by atoms with Crippen LogP contribution in [0.15, 0.2) is 12.2 Å². The number of rotatable bonds is 40. The molecule has 0 aromatic heterocycles. The second-order valence-electron chi connectivity index (χ2n) is 14.7. The minimum absolute atomic E-state index is 0.0201. The molecule has 0 saturated carbocycles. The fraction of sp³-hybridized carbons (Fsp3) is 0.932. The second-order valence-corrected chi connectivity index (χ2v) is 14.7. The average Bonchev–Trinajstić information content (AvgIpc) is 3.06. The third kappa shape index (κ3) is 41.2. The monoisotopic (exact) mass is 647 g/mol. The van der Waals surface area contributed by atoms with Gasteiger partial charge in [0.2, 0.25) is 0 Å². The van der Waals surface area contributed by atoms with Crippen LogP contribution in [-0.4, -0.2) is 12.6 Å². The Balaban J connectivity index is 3.16. The highest BCUT2D eigenvalue weighted by Crippen LogP contribution is 2.16. The first kappa shape index (κ1) is 45.2. The number of allylic oxidation sites excluding steroid dienone is 2. The maximum atomic E-state index is 12.0. The van der Waals surface area contributed by atoms with Gasteiger partial charge in [0.15, 0.2) is 0 Å². The normalized spacial score (nSPS) is 11.6. The fourth-order valence-corrected chi connectivity index (χ4v) is 6.66. The van der Waals surface area contributed by atoms with Gasteiger partial charge in [0, 0.05) is 6.42 Å². The molecule has 0 N–H and O–H groups in total. The molecule has 0 fully saturated rings. The summed E-state index contributed by atoms with van der Waals surface area (Å²) in [6.07, 6.45) is 56.0. The molecule has 0 unspecified atom stereocenters. The van der Waals surface area contributed by atoms with E-state index in [1.165, 1.54) is 218 Å². The first-order chi connectivity index (χ1) is 22.8. The quantitative estimate of drug-likeness (QED) is 0.0376. The summed E-state index contributed by atoms with van der Waals surface area (Å²) in [5, 5.41) is 0. The highest BCUT2D eigenvalue weighted by atomic mass is 16.5. The first-order valence-corrected chi connectivity index (χ1v) is 21.6. The Morgan fingerprint density at radius 2 is 0.609 bits per heavy atom. The third-order valence-corrected chi connectivity index (χ3v) is 9.90. The van der Waals surface area contributed by atoms with Crippen molar-refractivity contribution < 1.29 is 9.53 Å². The summed E-state index contributed by atoms with van der Waals surface area (Å²) < 4.78 is 5.46. The molecule has 0 aliphatic rings. The highest BCUT2D eigenvalue weighted by molar-refractivity contribution is 5.69. The molecule has 0 rings (SSSR count). The molecule has 274 valence electrons. The molecule has 0 saturated heterocycles. The Labute approximate surface area is 291 Å². The molecule has 2 nitrogen and oxygen atoms in total. The van der Waals surface area contributed by atoms with Crippen molar-refractivity contribution in [2.24, 2.45) is 0 Å². The van der Waals surface area contributed by atoms with Gasteiger partial charge < -0.3 is 4.74 Å². The molecule has 0 heterocycles. The van der Waals surface area contributed by atoms with Gasteiger partial charge in [-0.3, -0.25) is 4.79 Å². The van der Waals surface area contributed by atoms with Crippen LogP contribution in [0.3, 0.4) is 0 Å². The second kappa shape index (κ2) is 42.2. The minimum Gasteiger partial charge on any atom is -0.466 e. The Morgan fingerprint density at radius 1 is 0.348 bits per heavy atom. The van der Waals surface area contributed by atoms with E-state index < -0.39 is 0 Å². The summed E-state index contributed by atoms with van der Waals surface area (Å²) in [5.74, 6) is 0.0201. The maximum absolute atomic E-state index is 12.0. The van der Waals surface area contributed by atoms with Crippen molar-refractivity contribution >= 4 is 5.97 Å². The lowest BCUT2D eigenvalue weighted by atomic mass is 10.0. The van der Waals surface area contributed by atoms with Crippen LogP contribution in [0, 0.1) is 0 Å². The van der Waals surface area contributed by atoms with Gasteiger partial charge in [-0.1, -0.05) is 225 Å². The average molecular weight is 647 g/mol. The van der Waals surface area contributed by atoms with E-state index in [-0.39, 0.29) is 5.97 Å². The number of hydrogen-bond acceptors (Lipinski definition) is 2. The zero-order chi connectivity index (χ0) is 33.3. The Bertz CT molecular complexity index is 582. The Kier molecular flexibility index (Phi) is 41.5. The van der Waals surface area contributed by atoms with Crippen molar-refractivity contribution in [1.82, 2.24) is 0 Å². The lowest BCUT2D eigenvalue weighted by molar-refractivity contribution is -0.143. The summed E-state index contributed by atoms with van der Waals surface area (Å²) >= 11 is 0. The molecular weight excluding hydrogens is 560 g/mol. The van der Waals surface area contributed by atoms with Gasteiger partial charge in [-0.15, -0.1) is 0 Å². The fourth-order valence-electron chi connectivity index (χ4n) is 6.66. The smallest absolute Gasteiger partial charge is 0.305 e. The van der Waals surface area contributed by atoms with E-state index in [1.807, 2.05) is 0 Å². The van der Waals surface area contributed by atoms with Gasteiger partial charge in [-0.2, -0.15) is 0 Å². The van der Waals surface area contributed by atoms with Crippen LogP contribution in [-0.2, 0) is 9.53 Å². The van der Waals surface area contributed by atoms with Crippen molar-refractivity contribution in [3.8, 4) is 0 Å². The molecular formula is C44H86O2. The summed E-state index contributed by atoms with van der Waals surface area (Å²) in [6.45, 7) is 5.21. The molecule has 0 bridgehead atoms. The van der Waals surface area contributed by atoms with Gasteiger partial charge in [0.1, 0.15) is 0 Å². The zero-order valence-electron chi connectivity index (χ0n) is 32.0. The van der Waals surface area contributed by atoms with Crippen LogP contribution in [0.2, 0.25) is 0 Å². The minimum atomic E-state index is 0.0201. The molecule has 0 aromatic carbocycles. The van der Waals surface area contributed by atoms with E-state index in [9.17, 15) is 4.79 Å². The first-order valence-electron chi connectivity index (χ1n) is 21.6. The van der Waals surface area contributed by atoms with Gasteiger partial charge in [-0.25, -0.2) is 0 Å². The van der Waals surface area contributed by atoms with Gasteiger partial charge in [-0.05, 0) is 38.5 Å². The zero-order valence-corrected chi connectivity index (χ0v) is 32.0. The molecule has 0 amide bonds. The maximum Gasteiger partial charge on any atom is 0.305 e. The largest absolute Gasteiger partial charge is 0.466 e. The van der Waals surface area contributed by atoms with E-state index in [1.54, 1.807) is 0 Å². The summed E-state index contributed by atoms with van der Waals surface area (Å²) in [7, 11) is 0. The SMILES string of the molecule is CCCCCCCC/C=C\CCCCCCCC(=O)OCCCCCCCCCCCCCCCCCCCCCCCCCC. The number of ether oxygens (including phenoxy) is 1. The van der Waals surface area contributed by atoms with Gasteiger partial charge in [0.25, 0.3) is 0 Å². The molecule has 0 spiro atoms. The molecule has 46 heavy (non-hydrogen) atoms. The number of carbonyl (C=O) groups excluding carboxylic acids is 1. The van der Waals surface area contributed by atoms with Crippen LogP contribution >= 0.6 is 0 Å². The number of hydrogen-bond donors (Lipinski definition) is 0. The molecule has 0 aliphatic carbocycles. The van der Waals surface area contributed by atoms with E-state index in [4.69, 9.17) is 4.74 Å². The lowest BCUT2D eigenvalue weighted by Gasteiger charge is -2.06. The van der Waals surface area contributed by atoms with Crippen LogP contribution in [0.25, 0.3) is 0 Å². The Morgan fingerprint density at radius 3 is 0.935 bits per heavy atom. The van der Waals surface area contributed by atoms with E-state index >= 15 is 0 Å². The number of esters is 1. The summed E-state index contributed by atoms with van der Waals surface area (Å²) in [5.41, 5.74) is 0. The summed E-state index contributed by atoms with van der Waals surface area (Å²) in [6, 6.07) is 0. The van der Waals surface area contributed by atoms with Crippen LogP contribution in [0.4, 0.5) is 0 Å². The van der Waals surface area contributed by atoms with Crippen LogP contribution in [0.1, 0.15) is 258 Å².